The maximum Gasteiger partial charge on any atom is 0.407 e. The summed E-state index contributed by atoms with van der Waals surface area (Å²) in [5, 5.41) is 2.49. The summed E-state index contributed by atoms with van der Waals surface area (Å²) in [7, 11) is 0. The predicted octanol–water partition coefficient (Wildman–Crippen LogP) is 3.26. The number of halogens is 3. The van der Waals surface area contributed by atoms with Crippen LogP contribution in [-0.4, -0.2) is 36.6 Å². The Morgan fingerprint density at radius 2 is 1.74 bits per heavy atom. The number of amides is 1. The maximum absolute atomic E-state index is 12.1. The molecule has 0 spiro atoms. The Hall–Kier alpha value is -0.980. The van der Waals surface area contributed by atoms with Gasteiger partial charge < -0.3 is 14.8 Å². The van der Waals surface area contributed by atoms with E-state index >= 15 is 0 Å². The summed E-state index contributed by atoms with van der Waals surface area (Å²) < 4.78 is 46.2. The molecule has 0 aromatic rings. The first-order valence-electron chi connectivity index (χ1n) is 6.07. The number of ether oxygens (including phenoxy) is 2. The Balaban J connectivity index is 3.93. The molecule has 0 aliphatic carbocycles. The van der Waals surface area contributed by atoms with Crippen LogP contribution in [0.4, 0.5) is 18.0 Å². The minimum Gasteiger partial charge on any atom is -0.444 e. The smallest absolute Gasteiger partial charge is 0.407 e. The summed E-state index contributed by atoms with van der Waals surface area (Å²) in [6.07, 6.45) is -6.82. The second-order valence-corrected chi connectivity index (χ2v) is 5.51. The van der Waals surface area contributed by atoms with E-state index in [0.29, 0.717) is 0 Å². The molecule has 4 nitrogen and oxygen atoms in total. The number of alkyl carbamates (subject to hydrolysis) is 1. The lowest BCUT2D eigenvalue weighted by Gasteiger charge is -2.23. The SMILES string of the molecule is CC(CC(F)(F)F)OC[C@H](C)NC(=O)OC(C)(C)C. The Morgan fingerprint density at radius 1 is 1.21 bits per heavy atom. The van der Waals surface area contributed by atoms with Crippen molar-refractivity contribution in [1.82, 2.24) is 5.32 Å². The van der Waals surface area contributed by atoms with Crippen LogP contribution in [0, 0.1) is 0 Å². The van der Waals surface area contributed by atoms with Gasteiger partial charge in [0.15, 0.2) is 0 Å². The molecule has 0 aromatic carbocycles. The number of hydrogen-bond donors (Lipinski definition) is 1. The van der Waals surface area contributed by atoms with Gasteiger partial charge in [-0.15, -0.1) is 0 Å². The predicted molar refractivity (Wildman–Crippen MR) is 64.9 cm³/mol. The highest BCUT2D eigenvalue weighted by atomic mass is 19.4. The third-order valence-corrected chi connectivity index (χ3v) is 1.91. The van der Waals surface area contributed by atoms with Gasteiger partial charge in [-0.3, -0.25) is 0 Å². The molecular weight excluding hydrogens is 263 g/mol. The van der Waals surface area contributed by atoms with Crippen LogP contribution in [0.5, 0.6) is 0 Å². The minimum atomic E-state index is -4.25. The molecule has 0 heterocycles. The average molecular weight is 285 g/mol. The van der Waals surface area contributed by atoms with Crippen LogP contribution in [-0.2, 0) is 9.47 Å². The van der Waals surface area contributed by atoms with E-state index in [4.69, 9.17) is 9.47 Å². The van der Waals surface area contributed by atoms with Crippen LogP contribution in [0.2, 0.25) is 0 Å². The van der Waals surface area contributed by atoms with Crippen LogP contribution in [0.1, 0.15) is 41.0 Å². The van der Waals surface area contributed by atoms with Crippen LogP contribution in [0.25, 0.3) is 0 Å². The standard InChI is InChI=1S/C12H22F3NO3/c1-8(16-10(17)19-11(3,4)5)7-18-9(2)6-12(13,14)15/h8-9H,6-7H2,1-5H3,(H,16,17)/t8-,9?/m0/s1. The Morgan fingerprint density at radius 3 is 2.16 bits per heavy atom. The van der Waals surface area contributed by atoms with E-state index in [0.717, 1.165) is 0 Å². The molecule has 0 bridgehead atoms. The van der Waals surface area contributed by atoms with Gasteiger partial charge in [-0.1, -0.05) is 0 Å². The molecule has 1 unspecified atom stereocenters. The monoisotopic (exact) mass is 285 g/mol. The number of alkyl halides is 3. The van der Waals surface area contributed by atoms with Crippen LogP contribution in [0.15, 0.2) is 0 Å². The van der Waals surface area contributed by atoms with Crippen molar-refractivity contribution >= 4 is 6.09 Å². The van der Waals surface area contributed by atoms with E-state index in [1.54, 1.807) is 27.7 Å². The van der Waals surface area contributed by atoms with Crippen molar-refractivity contribution in [1.29, 1.82) is 0 Å². The Bertz CT molecular complexity index is 287. The fourth-order valence-corrected chi connectivity index (χ4v) is 1.24. The zero-order valence-electron chi connectivity index (χ0n) is 11.9. The summed E-state index contributed by atoms with van der Waals surface area (Å²) in [5.74, 6) is 0. The first kappa shape index (κ1) is 18.0. The van der Waals surface area contributed by atoms with E-state index < -0.39 is 36.4 Å². The lowest BCUT2D eigenvalue weighted by Crippen LogP contribution is -2.40. The van der Waals surface area contributed by atoms with Crippen LogP contribution in [0.3, 0.4) is 0 Å². The van der Waals surface area contributed by atoms with Crippen molar-refractivity contribution in [3.05, 3.63) is 0 Å². The highest BCUT2D eigenvalue weighted by Crippen LogP contribution is 2.22. The van der Waals surface area contributed by atoms with Gasteiger partial charge in [0.05, 0.1) is 25.2 Å². The highest BCUT2D eigenvalue weighted by Gasteiger charge is 2.30. The van der Waals surface area contributed by atoms with Crippen LogP contribution < -0.4 is 5.32 Å². The molecule has 1 amide bonds. The molecule has 0 aliphatic rings. The Kier molecular flexibility index (Phi) is 6.62. The number of hydrogen-bond acceptors (Lipinski definition) is 3. The summed E-state index contributed by atoms with van der Waals surface area (Å²) in [6, 6.07) is -0.425. The zero-order valence-corrected chi connectivity index (χ0v) is 11.9. The summed E-state index contributed by atoms with van der Waals surface area (Å²) in [5.41, 5.74) is -0.617. The molecule has 2 atom stereocenters. The first-order valence-corrected chi connectivity index (χ1v) is 6.07. The van der Waals surface area contributed by atoms with Crippen molar-refractivity contribution in [2.75, 3.05) is 6.61 Å². The van der Waals surface area contributed by atoms with E-state index in [1.165, 1.54) is 6.92 Å². The van der Waals surface area contributed by atoms with Crippen molar-refractivity contribution in [2.24, 2.45) is 0 Å². The van der Waals surface area contributed by atoms with Crippen molar-refractivity contribution in [3.63, 3.8) is 0 Å². The third kappa shape index (κ3) is 11.8. The molecule has 0 saturated heterocycles. The largest absolute Gasteiger partial charge is 0.444 e. The second-order valence-electron chi connectivity index (χ2n) is 5.51. The van der Waals surface area contributed by atoms with Gasteiger partial charge in [0.2, 0.25) is 0 Å². The molecule has 0 saturated carbocycles. The van der Waals surface area contributed by atoms with Crippen molar-refractivity contribution in [2.45, 2.75) is 65.0 Å². The molecule has 0 fully saturated rings. The quantitative estimate of drug-likeness (QED) is 0.843. The fourth-order valence-electron chi connectivity index (χ4n) is 1.24. The summed E-state index contributed by atoms with van der Waals surface area (Å²) in [6.45, 7) is 8.13. The molecule has 7 heteroatoms. The minimum absolute atomic E-state index is 0.00348. The van der Waals surface area contributed by atoms with Gasteiger partial charge in [-0.2, -0.15) is 13.2 Å². The molecule has 1 N–H and O–H groups in total. The van der Waals surface area contributed by atoms with Crippen LogP contribution >= 0.6 is 0 Å². The summed E-state index contributed by atoms with van der Waals surface area (Å²) in [4.78, 5) is 11.4. The molecule has 0 rings (SSSR count). The van der Waals surface area contributed by atoms with Crippen molar-refractivity contribution < 1.29 is 27.4 Å². The molecule has 0 aromatic heterocycles. The van der Waals surface area contributed by atoms with Gasteiger partial charge in [0.1, 0.15) is 5.60 Å². The van der Waals surface area contributed by atoms with Gasteiger partial charge in [-0.05, 0) is 34.6 Å². The topological polar surface area (TPSA) is 47.6 Å². The number of carbonyl (C=O) groups is 1. The normalized spacial score (nSPS) is 15.8. The molecule has 0 aliphatic heterocycles. The van der Waals surface area contributed by atoms with E-state index in [-0.39, 0.29) is 6.61 Å². The van der Waals surface area contributed by atoms with Gasteiger partial charge in [0.25, 0.3) is 0 Å². The second kappa shape index (κ2) is 6.98. The summed E-state index contributed by atoms with van der Waals surface area (Å²) >= 11 is 0. The maximum atomic E-state index is 12.1. The fraction of sp³-hybridized carbons (Fsp3) is 0.917. The molecular formula is C12H22F3NO3. The molecule has 19 heavy (non-hydrogen) atoms. The third-order valence-electron chi connectivity index (χ3n) is 1.91. The van der Waals surface area contributed by atoms with Gasteiger partial charge in [0, 0.05) is 0 Å². The lowest BCUT2D eigenvalue weighted by atomic mass is 10.2. The average Bonchev–Trinajstić information content (AvgIpc) is 2.08. The van der Waals surface area contributed by atoms with E-state index in [2.05, 4.69) is 5.32 Å². The zero-order chi connectivity index (χ0) is 15.3. The number of rotatable bonds is 5. The van der Waals surface area contributed by atoms with E-state index in [9.17, 15) is 18.0 Å². The van der Waals surface area contributed by atoms with Gasteiger partial charge >= 0.3 is 12.3 Å². The number of carbonyl (C=O) groups excluding carboxylic acids is 1. The molecule has 114 valence electrons. The molecule has 0 radical (unpaired) electrons. The highest BCUT2D eigenvalue weighted by molar-refractivity contribution is 5.68. The van der Waals surface area contributed by atoms with E-state index in [1.807, 2.05) is 0 Å². The number of nitrogens with one attached hydrogen (secondary N) is 1. The van der Waals surface area contributed by atoms with Gasteiger partial charge in [-0.25, -0.2) is 4.79 Å². The lowest BCUT2D eigenvalue weighted by molar-refractivity contribution is -0.158. The van der Waals surface area contributed by atoms with Crippen molar-refractivity contribution in [3.8, 4) is 0 Å². The Labute approximate surface area is 111 Å². The first-order chi connectivity index (χ1) is 8.39.